The third kappa shape index (κ3) is 3.38. The van der Waals surface area contributed by atoms with Crippen LogP contribution in [0, 0.1) is 0 Å². The molecule has 1 aliphatic heterocycles. The molecule has 0 spiro atoms. The smallest absolute Gasteiger partial charge is 0.322 e. The number of carbonyl (C=O) groups is 2. The van der Waals surface area contributed by atoms with Gasteiger partial charge in [0.05, 0.1) is 0 Å². The number of rotatable bonds is 4. The van der Waals surface area contributed by atoms with E-state index in [0.717, 1.165) is 5.57 Å². The van der Waals surface area contributed by atoms with Crippen molar-refractivity contribution in [2.75, 3.05) is 0 Å². The SMILES string of the molecule is C\C=C/C=C(\C=C/C)CC1NC(=O)NC1=O. The highest BCUT2D eigenvalue weighted by molar-refractivity contribution is 6.04. The van der Waals surface area contributed by atoms with E-state index in [1.54, 1.807) is 0 Å². The summed E-state index contributed by atoms with van der Waals surface area (Å²) >= 11 is 0. The Hall–Kier alpha value is -1.84. The Balaban J connectivity index is 2.69. The second-order valence-corrected chi connectivity index (χ2v) is 3.49. The molecule has 0 aromatic heterocycles. The van der Waals surface area contributed by atoms with Crippen molar-refractivity contribution in [3.8, 4) is 0 Å². The summed E-state index contributed by atoms with van der Waals surface area (Å²) < 4.78 is 0. The van der Waals surface area contributed by atoms with E-state index in [1.807, 2.05) is 44.2 Å². The summed E-state index contributed by atoms with van der Waals surface area (Å²) in [5, 5.41) is 4.78. The van der Waals surface area contributed by atoms with Gasteiger partial charge in [0, 0.05) is 6.42 Å². The van der Waals surface area contributed by atoms with E-state index in [1.165, 1.54) is 0 Å². The Morgan fingerprint density at radius 3 is 2.56 bits per heavy atom. The molecule has 0 bridgehead atoms. The van der Waals surface area contributed by atoms with Crippen molar-refractivity contribution in [1.82, 2.24) is 10.6 Å². The quantitative estimate of drug-likeness (QED) is 0.559. The lowest BCUT2D eigenvalue weighted by Gasteiger charge is -2.07. The first-order chi connectivity index (χ1) is 7.67. The highest BCUT2D eigenvalue weighted by atomic mass is 16.2. The van der Waals surface area contributed by atoms with Crippen LogP contribution in [0.5, 0.6) is 0 Å². The van der Waals surface area contributed by atoms with Crippen LogP contribution >= 0.6 is 0 Å². The van der Waals surface area contributed by atoms with Gasteiger partial charge >= 0.3 is 6.03 Å². The molecule has 1 unspecified atom stereocenters. The minimum atomic E-state index is -0.458. The van der Waals surface area contributed by atoms with Gasteiger partial charge in [-0.1, -0.05) is 30.4 Å². The zero-order valence-corrected chi connectivity index (χ0v) is 9.49. The van der Waals surface area contributed by atoms with E-state index in [-0.39, 0.29) is 5.91 Å². The summed E-state index contributed by atoms with van der Waals surface area (Å²) in [6.45, 7) is 3.84. The number of hydrogen-bond acceptors (Lipinski definition) is 2. The van der Waals surface area contributed by atoms with Crippen molar-refractivity contribution in [1.29, 1.82) is 0 Å². The molecule has 16 heavy (non-hydrogen) atoms. The molecule has 0 aliphatic carbocycles. The summed E-state index contributed by atoms with van der Waals surface area (Å²) in [5.41, 5.74) is 1.00. The largest absolute Gasteiger partial charge is 0.326 e. The average molecular weight is 220 g/mol. The Morgan fingerprint density at radius 1 is 1.31 bits per heavy atom. The molecule has 1 atom stereocenters. The van der Waals surface area contributed by atoms with E-state index < -0.39 is 12.1 Å². The first-order valence-electron chi connectivity index (χ1n) is 5.23. The van der Waals surface area contributed by atoms with Crippen molar-refractivity contribution < 1.29 is 9.59 Å². The molecular weight excluding hydrogens is 204 g/mol. The Labute approximate surface area is 95.1 Å². The number of hydrogen-bond donors (Lipinski definition) is 2. The first-order valence-corrected chi connectivity index (χ1v) is 5.23. The van der Waals surface area contributed by atoms with Crippen LogP contribution in [-0.4, -0.2) is 18.0 Å². The van der Waals surface area contributed by atoms with Gasteiger partial charge in [-0.3, -0.25) is 10.1 Å². The van der Waals surface area contributed by atoms with E-state index in [9.17, 15) is 9.59 Å². The molecule has 1 aliphatic rings. The summed E-state index contributed by atoms with van der Waals surface area (Å²) in [4.78, 5) is 22.3. The minimum Gasteiger partial charge on any atom is -0.326 e. The Bertz CT molecular complexity index is 367. The van der Waals surface area contributed by atoms with Crippen LogP contribution in [0.25, 0.3) is 0 Å². The molecule has 0 aromatic rings. The standard InChI is InChI=1S/C12H16N2O2/c1-3-5-7-9(6-4-2)8-10-11(15)14-12(16)13-10/h3-7,10H,8H2,1-2H3,(H2,13,14,15,16)/b5-3-,6-4-,9-7+. The molecule has 0 saturated carbocycles. The maximum atomic E-state index is 11.3. The molecule has 1 rings (SSSR count). The number of carbonyl (C=O) groups excluding carboxylic acids is 2. The minimum absolute atomic E-state index is 0.263. The maximum Gasteiger partial charge on any atom is 0.322 e. The third-order valence-corrected chi connectivity index (χ3v) is 2.18. The predicted molar refractivity (Wildman–Crippen MR) is 62.8 cm³/mol. The highest BCUT2D eigenvalue weighted by Crippen LogP contribution is 2.10. The molecule has 1 fully saturated rings. The summed E-state index contributed by atoms with van der Waals surface area (Å²) in [6, 6.07) is -0.874. The molecular formula is C12H16N2O2. The number of imide groups is 1. The molecule has 4 heteroatoms. The zero-order valence-electron chi connectivity index (χ0n) is 9.49. The van der Waals surface area contributed by atoms with Gasteiger partial charge in [-0.15, -0.1) is 0 Å². The number of allylic oxidation sites excluding steroid dienone is 5. The lowest BCUT2D eigenvalue weighted by atomic mass is 10.1. The van der Waals surface area contributed by atoms with Crippen LogP contribution in [-0.2, 0) is 4.79 Å². The van der Waals surface area contributed by atoms with Gasteiger partial charge in [0.2, 0.25) is 0 Å². The van der Waals surface area contributed by atoms with Crippen molar-refractivity contribution >= 4 is 11.9 Å². The normalized spacial score (nSPS) is 21.9. The Morgan fingerprint density at radius 2 is 2.06 bits per heavy atom. The van der Waals surface area contributed by atoms with E-state index in [4.69, 9.17) is 0 Å². The summed E-state index contributed by atoms with van der Waals surface area (Å²) in [7, 11) is 0. The second kappa shape index (κ2) is 5.90. The first kappa shape index (κ1) is 12.2. The molecule has 3 amide bonds. The van der Waals surface area contributed by atoms with Crippen LogP contribution in [0.15, 0.2) is 36.0 Å². The molecule has 0 radical (unpaired) electrons. The van der Waals surface area contributed by atoms with Crippen molar-refractivity contribution in [2.45, 2.75) is 26.3 Å². The van der Waals surface area contributed by atoms with Crippen molar-refractivity contribution in [2.24, 2.45) is 0 Å². The molecule has 0 aromatic carbocycles. The maximum absolute atomic E-state index is 11.3. The average Bonchev–Trinajstić information content (AvgIpc) is 2.54. The second-order valence-electron chi connectivity index (χ2n) is 3.49. The van der Waals surface area contributed by atoms with Gasteiger partial charge < -0.3 is 5.32 Å². The van der Waals surface area contributed by atoms with Crippen LogP contribution in [0.4, 0.5) is 4.79 Å². The lowest BCUT2D eigenvalue weighted by molar-refractivity contribution is -0.120. The van der Waals surface area contributed by atoms with E-state index in [0.29, 0.717) is 6.42 Å². The van der Waals surface area contributed by atoms with Crippen molar-refractivity contribution in [3.05, 3.63) is 36.0 Å². The fraction of sp³-hybridized carbons (Fsp3) is 0.333. The van der Waals surface area contributed by atoms with Crippen molar-refractivity contribution in [3.63, 3.8) is 0 Å². The van der Waals surface area contributed by atoms with Crippen LogP contribution in [0.2, 0.25) is 0 Å². The monoisotopic (exact) mass is 220 g/mol. The van der Waals surface area contributed by atoms with Crippen LogP contribution in [0.3, 0.4) is 0 Å². The Kier molecular flexibility index (Phi) is 4.51. The number of nitrogens with one attached hydrogen (secondary N) is 2. The van der Waals surface area contributed by atoms with Gasteiger partial charge in [-0.25, -0.2) is 4.79 Å². The van der Waals surface area contributed by atoms with Crippen LogP contribution < -0.4 is 10.6 Å². The summed E-state index contributed by atoms with van der Waals surface area (Å²) in [5.74, 6) is -0.263. The highest BCUT2D eigenvalue weighted by Gasteiger charge is 2.29. The lowest BCUT2D eigenvalue weighted by Crippen LogP contribution is -2.29. The molecule has 2 N–H and O–H groups in total. The van der Waals surface area contributed by atoms with E-state index >= 15 is 0 Å². The molecule has 86 valence electrons. The van der Waals surface area contributed by atoms with Gasteiger partial charge in [0.1, 0.15) is 6.04 Å². The van der Waals surface area contributed by atoms with E-state index in [2.05, 4.69) is 10.6 Å². The van der Waals surface area contributed by atoms with Crippen LogP contribution in [0.1, 0.15) is 20.3 Å². The molecule has 1 saturated heterocycles. The predicted octanol–water partition coefficient (Wildman–Crippen LogP) is 1.66. The molecule has 1 heterocycles. The zero-order chi connectivity index (χ0) is 12.0. The number of amides is 3. The summed E-state index contributed by atoms with van der Waals surface area (Å²) in [6.07, 6.45) is 10.1. The number of urea groups is 1. The topological polar surface area (TPSA) is 58.2 Å². The van der Waals surface area contributed by atoms with Gasteiger partial charge in [0.15, 0.2) is 0 Å². The van der Waals surface area contributed by atoms with Gasteiger partial charge in [0.25, 0.3) is 5.91 Å². The third-order valence-electron chi connectivity index (χ3n) is 2.18. The van der Waals surface area contributed by atoms with Gasteiger partial charge in [-0.2, -0.15) is 0 Å². The fourth-order valence-electron chi connectivity index (χ4n) is 1.46. The van der Waals surface area contributed by atoms with Gasteiger partial charge in [-0.05, 0) is 19.4 Å². The molecule has 4 nitrogen and oxygen atoms in total. The fourth-order valence-corrected chi connectivity index (χ4v) is 1.46.